The van der Waals surface area contributed by atoms with Crippen LogP contribution < -0.4 is 5.32 Å². The summed E-state index contributed by atoms with van der Waals surface area (Å²) in [5.74, 6) is 0.867. The molecular weight excluding hydrogens is 150 g/mol. The van der Waals surface area contributed by atoms with E-state index in [0.717, 1.165) is 25.7 Å². The van der Waals surface area contributed by atoms with Crippen LogP contribution in [0.1, 0.15) is 32.6 Å². The van der Waals surface area contributed by atoms with Gasteiger partial charge in [-0.15, -0.1) is 0 Å². The van der Waals surface area contributed by atoms with Crippen molar-refractivity contribution in [3.05, 3.63) is 0 Å². The normalized spacial score (nSPS) is 23.2. The Morgan fingerprint density at radius 1 is 1.42 bits per heavy atom. The summed E-state index contributed by atoms with van der Waals surface area (Å²) >= 11 is 0. The molecule has 0 spiro atoms. The highest BCUT2D eigenvalue weighted by Gasteiger charge is 2.14. The van der Waals surface area contributed by atoms with Gasteiger partial charge in [0.1, 0.15) is 0 Å². The van der Waals surface area contributed by atoms with E-state index in [1.54, 1.807) is 0 Å². The third-order valence-electron chi connectivity index (χ3n) is 2.49. The van der Waals surface area contributed by atoms with Crippen LogP contribution in [0.15, 0.2) is 0 Å². The first-order valence-corrected chi connectivity index (χ1v) is 5.22. The zero-order valence-electron chi connectivity index (χ0n) is 8.14. The molecular formula is C10H21NO. The van der Waals surface area contributed by atoms with Gasteiger partial charge in [-0.3, -0.25) is 0 Å². The summed E-state index contributed by atoms with van der Waals surface area (Å²) in [5.41, 5.74) is 0. The summed E-state index contributed by atoms with van der Waals surface area (Å²) in [6.45, 7) is 6.46. The van der Waals surface area contributed by atoms with Crippen molar-refractivity contribution in [1.29, 1.82) is 0 Å². The zero-order chi connectivity index (χ0) is 8.65. The molecule has 0 aliphatic carbocycles. The second-order valence-electron chi connectivity index (χ2n) is 3.58. The van der Waals surface area contributed by atoms with E-state index >= 15 is 0 Å². The van der Waals surface area contributed by atoms with Crippen LogP contribution in [0, 0.1) is 5.92 Å². The molecule has 1 aliphatic heterocycles. The number of nitrogens with one attached hydrogen (secondary N) is 1. The van der Waals surface area contributed by atoms with E-state index < -0.39 is 0 Å². The van der Waals surface area contributed by atoms with E-state index in [-0.39, 0.29) is 0 Å². The van der Waals surface area contributed by atoms with Crippen LogP contribution in [-0.4, -0.2) is 26.3 Å². The fraction of sp³-hybridized carbons (Fsp3) is 1.00. The first kappa shape index (κ1) is 10.0. The highest BCUT2D eigenvalue weighted by molar-refractivity contribution is 4.64. The maximum Gasteiger partial charge on any atom is 0.0495 e. The fourth-order valence-electron chi connectivity index (χ4n) is 1.67. The predicted octanol–water partition coefficient (Wildman–Crippen LogP) is 1.80. The van der Waals surface area contributed by atoms with Crippen LogP contribution in [0.5, 0.6) is 0 Å². The molecule has 1 atom stereocenters. The van der Waals surface area contributed by atoms with E-state index in [0.29, 0.717) is 0 Å². The SMILES string of the molecule is CCNCCCCC1CCOC1. The first-order valence-electron chi connectivity index (χ1n) is 5.22. The van der Waals surface area contributed by atoms with Crippen LogP contribution in [-0.2, 0) is 4.74 Å². The van der Waals surface area contributed by atoms with Crippen LogP contribution >= 0.6 is 0 Å². The summed E-state index contributed by atoms with van der Waals surface area (Å²) in [4.78, 5) is 0. The summed E-state index contributed by atoms with van der Waals surface area (Å²) < 4.78 is 5.32. The van der Waals surface area contributed by atoms with Crippen molar-refractivity contribution in [3.63, 3.8) is 0 Å². The van der Waals surface area contributed by atoms with Crippen LogP contribution in [0.25, 0.3) is 0 Å². The summed E-state index contributed by atoms with van der Waals surface area (Å²) in [5, 5.41) is 3.34. The molecule has 2 nitrogen and oxygen atoms in total. The Morgan fingerprint density at radius 2 is 2.33 bits per heavy atom. The lowest BCUT2D eigenvalue weighted by Gasteiger charge is -2.06. The Hall–Kier alpha value is -0.0800. The molecule has 2 heteroatoms. The topological polar surface area (TPSA) is 21.3 Å². The highest BCUT2D eigenvalue weighted by Crippen LogP contribution is 2.18. The minimum absolute atomic E-state index is 0.867. The van der Waals surface area contributed by atoms with Gasteiger partial charge < -0.3 is 10.1 Å². The van der Waals surface area contributed by atoms with Crippen LogP contribution in [0.4, 0.5) is 0 Å². The van der Waals surface area contributed by atoms with Crippen molar-refractivity contribution in [1.82, 2.24) is 5.32 Å². The number of ether oxygens (including phenoxy) is 1. The lowest BCUT2D eigenvalue weighted by atomic mass is 10.0. The van der Waals surface area contributed by atoms with Crippen molar-refractivity contribution in [2.24, 2.45) is 5.92 Å². The van der Waals surface area contributed by atoms with E-state index in [4.69, 9.17) is 4.74 Å². The average Bonchev–Trinajstić information content (AvgIpc) is 2.57. The van der Waals surface area contributed by atoms with Crippen LogP contribution in [0.3, 0.4) is 0 Å². The Morgan fingerprint density at radius 3 is 3.00 bits per heavy atom. The molecule has 1 aliphatic rings. The summed E-state index contributed by atoms with van der Waals surface area (Å²) in [6.07, 6.45) is 5.35. The molecule has 0 amide bonds. The van der Waals surface area contributed by atoms with Gasteiger partial charge in [-0.2, -0.15) is 0 Å². The van der Waals surface area contributed by atoms with Gasteiger partial charge in [-0.25, -0.2) is 0 Å². The molecule has 1 unspecified atom stereocenters. The standard InChI is InChI=1S/C10H21NO/c1-2-11-7-4-3-5-10-6-8-12-9-10/h10-11H,2-9H2,1H3. The maximum atomic E-state index is 5.32. The number of unbranched alkanes of at least 4 members (excludes halogenated alkanes) is 1. The maximum absolute atomic E-state index is 5.32. The monoisotopic (exact) mass is 171 g/mol. The first-order chi connectivity index (χ1) is 5.93. The van der Waals surface area contributed by atoms with Gasteiger partial charge in [-0.1, -0.05) is 13.3 Å². The molecule has 0 saturated carbocycles. The van der Waals surface area contributed by atoms with Gasteiger partial charge in [0.05, 0.1) is 0 Å². The zero-order valence-corrected chi connectivity index (χ0v) is 8.14. The molecule has 1 heterocycles. The Bertz CT molecular complexity index is 100. The fourth-order valence-corrected chi connectivity index (χ4v) is 1.67. The molecule has 1 N–H and O–H groups in total. The lowest BCUT2D eigenvalue weighted by molar-refractivity contribution is 0.183. The van der Waals surface area contributed by atoms with E-state index in [1.807, 2.05) is 0 Å². The van der Waals surface area contributed by atoms with Gasteiger partial charge in [0.15, 0.2) is 0 Å². The third kappa shape index (κ3) is 4.07. The van der Waals surface area contributed by atoms with Crippen molar-refractivity contribution in [3.8, 4) is 0 Å². The molecule has 0 bridgehead atoms. The summed E-state index contributed by atoms with van der Waals surface area (Å²) in [7, 11) is 0. The van der Waals surface area contributed by atoms with Crippen molar-refractivity contribution in [2.45, 2.75) is 32.6 Å². The Balaban J connectivity index is 1.81. The van der Waals surface area contributed by atoms with Gasteiger partial charge in [0.25, 0.3) is 0 Å². The highest BCUT2D eigenvalue weighted by atomic mass is 16.5. The van der Waals surface area contributed by atoms with E-state index in [1.165, 1.54) is 32.2 Å². The molecule has 0 aromatic carbocycles. The van der Waals surface area contributed by atoms with E-state index in [9.17, 15) is 0 Å². The minimum atomic E-state index is 0.867. The van der Waals surface area contributed by atoms with Gasteiger partial charge in [-0.05, 0) is 38.3 Å². The minimum Gasteiger partial charge on any atom is -0.381 e. The second kappa shape index (κ2) is 6.44. The summed E-state index contributed by atoms with van der Waals surface area (Å²) in [6, 6.07) is 0. The number of hydrogen-bond acceptors (Lipinski definition) is 2. The molecule has 1 saturated heterocycles. The Kier molecular flexibility index (Phi) is 5.37. The molecule has 1 rings (SSSR count). The van der Waals surface area contributed by atoms with Crippen molar-refractivity contribution >= 4 is 0 Å². The second-order valence-corrected chi connectivity index (χ2v) is 3.58. The smallest absolute Gasteiger partial charge is 0.0495 e. The predicted molar refractivity (Wildman–Crippen MR) is 51.3 cm³/mol. The van der Waals surface area contributed by atoms with Crippen molar-refractivity contribution < 1.29 is 4.74 Å². The van der Waals surface area contributed by atoms with Gasteiger partial charge in [0.2, 0.25) is 0 Å². The van der Waals surface area contributed by atoms with E-state index in [2.05, 4.69) is 12.2 Å². The quantitative estimate of drug-likeness (QED) is 0.615. The van der Waals surface area contributed by atoms with Gasteiger partial charge >= 0.3 is 0 Å². The largest absolute Gasteiger partial charge is 0.381 e. The average molecular weight is 171 g/mol. The molecule has 0 radical (unpaired) electrons. The molecule has 72 valence electrons. The molecule has 0 aromatic heterocycles. The van der Waals surface area contributed by atoms with Crippen molar-refractivity contribution in [2.75, 3.05) is 26.3 Å². The Labute approximate surface area is 75.7 Å². The molecule has 0 aromatic rings. The molecule has 12 heavy (non-hydrogen) atoms. The number of hydrogen-bond donors (Lipinski definition) is 1. The number of rotatable bonds is 6. The van der Waals surface area contributed by atoms with Gasteiger partial charge in [0, 0.05) is 13.2 Å². The van der Waals surface area contributed by atoms with Crippen LogP contribution in [0.2, 0.25) is 0 Å². The lowest BCUT2D eigenvalue weighted by Crippen LogP contribution is -2.14. The third-order valence-corrected chi connectivity index (χ3v) is 2.49. The molecule has 1 fully saturated rings.